The number of thioether (sulfide) groups is 1. The average molecular weight is 1060 g/mol. The molecule has 0 bridgehead atoms. The number of ether oxygens (including phenoxy) is 1. The Labute approximate surface area is 407 Å². The molecule has 2 amide bonds. The number of anilines is 1. The fourth-order valence-electron chi connectivity index (χ4n) is 7.36. The predicted molar refractivity (Wildman–Crippen MR) is 256 cm³/mol. The molecule has 0 radical (unpaired) electrons. The maximum Gasteiger partial charge on any atom is 0.481 e. The highest BCUT2D eigenvalue weighted by molar-refractivity contribution is 8.13. The second-order valence-electron chi connectivity index (χ2n) is 17.7. The summed E-state index contributed by atoms with van der Waals surface area (Å²) in [5.41, 5.74) is 4.29. The van der Waals surface area contributed by atoms with Crippen LogP contribution in [-0.4, -0.2) is 123 Å². The molecular weight excluding hydrogens is 987 g/mol. The lowest BCUT2D eigenvalue weighted by Crippen LogP contribution is -2.46. The lowest BCUT2D eigenvalue weighted by Gasteiger charge is -2.30. The number of rotatable bonds is 37. The number of aliphatic hydroxyl groups excluding tert-OH is 2. The van der Waals surface area contributed by atoms with E-state index in [9.17, 15) is 57.9 Å². The van der Waals surface area contributed by atoms with Crippen molar-refractivity contribution in [3.63, 3.8) is 0 Å². The standard InChI is InChI=1S/C41H74N7O17P3S/c1-4-5-6-7-8-9-10-11-12-13-14-15-16-17-18-19-20-21-32(50)69-25-24-43-31(49)22-23-44-39(53)36(52)41(2,3)27-62-68(59,60)65-67(57,58)61-26-30-35(64-66(54,55)56)34(51)40(63-30)48-29-47-33-37(42)45-28-46-38(33)48/h28-30,34-36,40,51-52H,4-27H2,1-3H3,(H,43,49)(H,44,53)(H,57,58)(H,59,60)(H2,42,45,46)(H2,54,55,56)/t30-,34-,35-,36?,40-/m1/s1. The number of nitrogen functional groups attached to an aromatic ring is 1. The van der Waals surface area contributed by atoms with E-state index in [1.807, 2.05) is 0 Å². The number of aliphatic hydroxyl groups is 2. The van der Waals surface area contributed by atoms with Crippen LogP contribution in [0, 0.1) is 5.41 Å². The van der Waals surface area contributed by atoms with E-state index < -0.39 is 84.6 Å². The first-order valence-corrected chi connectivity index (χ1v) is 29.1. The van der Waals surface area contributed by atoms with Gasteiger partial charge in [-0.25, -0.2) is 28.6 Å². The molecule has 2 aromatic rings. The van der Waals surface area contributed by atoms with Gasteiger partial charge in [0.15, 0.2) is 22.8 Å². The van der Waals surface area contributed by atoms with E-state index in [0.29, 0.717) is 12.2 Å². The predicted octanol–water partition coefficient (Wildman–Crippen LogP) is 5.71. The summed E-state index contributed by atoms with van der Waals surface area (Å²) in [6.07, 6.45) is 15.2. The Morgan fingerprint density at radius 3 is 1.97 bits per heavy atom. The second-order valence-corrected chi connectivity index (χ2v) is 23.1. The quantitative estimate of drug-likeness (QED) is 0.0289. The van der Waals surface area contributed by atoms with Crippen LogP contribution in [0.2, 0.25) is 0 Å². The molecule has 2 aromatic heterocycles. The number of fused-ring (bicyclic) bond motifs is 1. The van der Waals surface area contributed by atoms with E-state index in [2.05, 4.69) is 41.3 Å². The summed E-state index contributed by atoms with van der Waals surface area (Å²) in [5, 5.41) is 26.7. The number of nitrogens with one attached hydrogen (secondary N) is 2. The van der Waals surface area contributed by atoms with Crippen molar-refractivity contribution in [1.29, 1.82) is 0 Å². The van der Waals surface area contributed by atoms with Crippen molar-refractivity contribution in [2.24, 2.45) is 5.41 Å². The molecule has 1 aliphatic rings. The Bertz CT molecular complexity index is 2030. The van der Waals surface area contributed by atoms with Crippen molar-refractivity contribution in [3.05, 3.63) is 12.7 Å². The molecule has 3 unspecified atom stereocenters. The Hall–Kier alpha value is -2.44. The van der Waals surface area contributed by atoms with Gasteiger partial charge in [0.1, 0.15) is 36.3 Å². The number of hydrogen-bond donors (Lipinski definition) is 9. The van der Waals surface area contributed by atoms with Gasteiger partial charge in [-0.05, 0) is 6.42 Å². The third-order valence-electron chi connectivity index (χ3n) is 11.2. The third-order valence-corrected chi connectivity index (χ3v) is 15.3. The van der Waals surface area contributed by atoms with Gasteiger partial charge >= 0.3 is 23.5 Å². The minimum absolute atomic E-state index is 0.0342. The molecule has 0 spiro atoms. The molecular formula is C41H74N7O17P3S. The molecule has 7 atom stereocenters. The monoisotopic (exact) mass is 1060 g/mol. The van der Waals surface area contributed by atoms with Crippen LogP contribution < -0.4 is 16.4 Å². The summed E-state index contributed by atoms with van der Waals surface area (Å²) < 4.78 is 62.5. The van der Waals surface area contributed by atoms with Crippen molar-refractivity contribution in [3.8, 4) is 0 Å². The van der Waals surface area contributed by atoms with Crippen LogP contribution in [0.3, 0.4) is 0 Å². The largest absolute Gasteiger partial charge is 0.481 e. The van der Waals surface area contributed by atoms with E-state index in [-0.39, 0.29) is 41.6 Å². The Morgan fingerprint density at radius 1 is 0.826 bits per heavy atom. The first-order valence-electron chi connectivity index (χ1n) is 23.6. The number of nitrogens with zero attached hydrogens (tertiary/aromatic N) is 4. The Kier molecular flexibility index (Phi) is 27.0. The summed E-state index contributed by atoms with van der Waals surface area (Å²) >= 11 is 1.16. The molecule has 0 aliphatic carbocycles. The smallest absolute Gasteiger partial charge is 0.386 e. The molecule has 1 fully saturated rings. The van der Waals surface area contributed by atoms with Gasteiger partial charge in [-0.15, -0.1) is 0 Å². The van der Waals surface area contributed by atoms with Crippen LogP contribution in [0.4, 0.5) is 5.82 Å². The lowest BCUT2D eigenvalue weighted by molar-refractivity contribution is -0.137. The van der Waals surface area contributed by atoms with Gasteiger partial charge in [-0.2, -0.15) is 4.31 Å². The highest BCUT2D eigenvalue weighted by atomic mass is 32.2. The summed E-state index contributed by atoms with van der Waals surface area (Å²) in [6.45, 7) is 2.84. The number of hydrogen-bond acceptors (Lipinski definition) is 18. The first-order chi connectivity index (χ1) is 32.6. The molecule has 24 nitrogen and oxygen atoms in total. The van der Waals surface area contributed by atoms with Crippen molar-refractivity contribution >= 4 is 69.1 Å². The SMILES string of the molecule is CCCCCCCCCCCCCCCCCCCC(=O)SCCNC(=O)CCNC(=O)C(O)C(C)(C)COP(=O)(O)OP(=O)(O)OC[C@H]1O[C@@H](n2cnc3c(N)ncnc32)[C@H](O)[C@@H]1OP(=O)(O)O. The number of phosphoric ester groups is 3. The molecule has 10 N–H and O–H groups in total. The zero-order valence-electron chi connectivity index (χ0n) is 39.8. The molecule has 69 heavy (non-hydrogen) atoms. The highest BCUT2D eigenvalue weighted by Gasteiger charge is 2.50. The Morgan fingerprint density at radius 2 is 1.39 bits per heavy atom. The van der Waals surface area contributed by atoms with E-state index in [1.54, 1.807) is 0 Å². The number of carbonyl (C=O) groups is 3. The van der Waals surface area contributed by atoms with Gasteiger partial charge in [-0.3, -0.25) is 32.5 Å². The van der Waals surface area contributed by atoms with Gasteiger partial charge in [0.05, 0.1) is 19.5 Å². The molecule has 0 saturated carbocycles. The van der Waals surface area contributed by atoms with E-state index >= 15 is 0 Å². The number of nitrogens with two attached hydrogens (primary N) is 1. The van der Waals surface area contributed by atoms with E-state index in [1.165, 1.54) is 104 Å². The maximum atomic E-state index is 12.7. The average Bonchev–Trinajstić information content (AvgIpc) is 3.84. The normalized spacial score (nSPS) is 19.8. The van der Waals surface area contributed by atoms with Crippen molar-refractivity contribution in [1.82, 2.24) is 30.2 Å². The van der Waals surface area contributed by atoms with Crippen LogP contribution >= 0.6 is 35.2 Å². The van der Waals surface area contributed by atoms with Gasteiger partial charge in [0.25, 0.3) is 0 Å². The highest BCUT2D eigenvalue weighted by Crippen LogP contribution is 2.61. The summed E-state index contributed by atoms with van der Waals surface area (Å²) in [5.74, 6) is -1.01. The minimum Gasteiger partial charge on any atom is -0.386 e. The van der Waals surface area contributed by atoms with Gasteiger partial charge in [-0.1, -0.05) is 135 Å². The van der Waals surface area contributed by atoms with Gasteiger partial charge in [0, 0.05) is 37.1 Å². The molecule has 396 valence electrons. The minimum atomic E-state index is -5.57. The van der Waals surface area contributed by atoms with Crippen molar-refractivity contribution < 1.29 is 80.5 Å². The molecule has 3 rings (SSSR count). The second kappa shape index (κ2) is 30.6. The van der Waals surface area contributed by atoms with E-state index in [0.717, 1.165) is 48.2 Å². The first kappa shape index (κ1) is 60.9. The van der Waals surface area contributed by atoms with Crippen LogP contribution in [0.1, 0.15) is 149 Å². The fourth-order valence-corrected chi connectivity index (χ4v) is 10.9. The van der Waals surface area contributed by atoms with Crippen LogP contribution in [0.5, 0.6) is 0 Å². The lowest BCUT2D eigenvalue weighted by atomic mass is 9.87. The van der Waals surface area contributed by atoms with Gasteiger partial charge < -0.3 is 50.9 Å². The maximum absolute atomic E-state index is 12.7. The number of aromatic nitrogens is 4. The molecule has 28 heteroatoms. The van der Waals surface area contributed by atoms with Crippen molar-refractivity contribution in [2.75, 3.05) is 37.8 Å². The van der Waals surface area contributed by atoms with Crippen LogP contribution in [0.15, 0.2) is 12.7 Å². The zero-order valence-corrected chi connectivity index (χ0v) is 43.3. The molecule has 1 saturated heterocycles. The molecule has 3 heterocycles. The topological polar surface area (TPSA) is 364 Å². The number of phosphoric acid groups is 3. The number of carbonyl (C=O) groups excluding carboxylic acids is 3. The molecule has 0 aromatic carbocycles. The third kappa shape index (κ3) is 23.3. The van der Waals surface area contributed by atoms with Crippen LogP contribution in [0.25, 0.3) is 11.2 Å². The zero-order chi connectivity index (χ0) is 51.1. The number of imidazole rings is 1. The number of amides is 2. The summed E-state index contributed by atoms with van der Waals surface area (Å²) in [4.78, 5) is 88.5. The Balaban J connectivity index is 1.27. The number of unbranched alkanes of at least 4 members (excludes halogenated alkanes) is 16. The fraction of sp³-hybridized carbons (Fsp3) is 0.805. The van der Waals surface area contributed by atoms with E-state index in [4.69, 9.17) is 19.5 Å². The van der Waals surface area contributed by atoms with Crippen LogP contribution in [-0.2, 0) is 50.7 Å². The molecule has 1 aliphatic heterocycles. The summed E-state index contributed by atoms with van der Waals surface area (Å²) in [6, 6.07) is 0. The van der Waals surface area contributed by atoms with Gasteiger partial charge in [0.2, 0.25) is 11.8 Å². The van der Waals surface area contributed by atoms with Crippen molar-refractivity contribution in [2.45, 2.75) is 173 Å². The summed E-state index contributed by atoms with van der Waals surface area (Å²) in [7, 11) is -16.4.